The fourth-order valence-electron chi connectivity index (χ4n) is 2.26. The molecule has 1 atom stereocenters. The third kappa shape index (κ3) is 3.69. The fraction of sp³-hybridized carbons (Fsp3) is 0.500. The molecule has 104 valence electrons. The zero-order chi connectivity index (χ0) is 13.7. The van der Waals surface area contributed by atoms with E-state index in [4.69, 9.17) is 16.3 Å². The van der Waals surface area contributed by atoms with E-state index in [0.717, 1.165) is 31.6 Å². The lowest BCUT2D eigenvalue weighted by atomic mass is 10.1. The van der Waals surface area contributed by atoms with Gasteiger partial charge in [0.25, 0.3) is 0 Å². The second-order valence-electron chi connectivity index (χ2n) is 4.62. The normalized spacial score (nSPS) is 19.2. The summed E-state index contributed by atoms with van der Waals surface area (Å²) in [5, 5.41) is 3.94. The van der Waals surface area contributed by atoms with Crippen LogP contribution >= 0.6 is 11.6 Å². The Kier molecular flexibility index (Phi) is 5.19. The largest absolute Gasteiger partial charge is 0.385 e. The number of carbonyl (C=O) groups excluding carboxylic acids is 1. The van der Waals surface area contributed by atoms with E-state index in [2.05, 4.69) is 5.32 Å². The average molecular weight is 283 g/mol. The highest BCUT2D eigenvalue weighted by Crippen LogP contribution is 2.24. The standard InChI is InChI=1S/C14H19ClN2O2/c1-19-9-3-2-8-17-13(18)10-16-14(17)11-4-6-12(15)7-5-11/h4-7,14,16H,2-3,8-10H2,1H3. The quantitative estimate of drug-likeness (QED) is 0.814. The first kappa shape index (κ1) is 14.3. The Morgan fingerprint density at radius 2 is 2.11 bits per heavy atom. The van der Waals surface area contributed by atoms with Gasteiger partial charge in [0.15, 0.2) is 0 Å². The van der Waals surface area contributed by atoms with Gasteiger partial charge in [-0.25, -0.2) is 0 Å². The van der Waals surface area contributed by atoms with Crippen molar-refractivity contribution in [3.05, 3.63) is 34.9 Å². The summed E-state index contributed by atoms with van der Waals surface area (Å²) in [5.74, 6) is 0.150. The van der Waals surface area contributed by atoms with Crippen molar-refractivity contribution >= 4 is 17.5 Å². The third-order valence-corrected chi connectivity index (χ3v) is 3.51. The van der Waals surface area contributed by atoms with E-state index in [1.165, 1.54) is 0 Å². The molecule has 1 aliphatic heterocycles. The van der Waals surface area contributed by atoms with Crippen LogP contribution in [0.15, 0.2) is 24.3 Å². The highest BCUT2D eigenvalue weighted by atomic mass is 35.5. The summed E-state index contributed by atoms with van der Waals surface area (Å²) in [6.07, 6.45) is 1.88. The summed E-state index contributed by atoms with van der Waals surface area (Å²) in [6.45, 7) is 1.89. The van der Waals surface area contributed by atoms with Crippen LogP contribution in [0.25, 0.3) is 0 Å². The summed E-state index contributed by atoms with van der Waals surface area (Å²) in [4.78, 5) is 13.8. The van der Waals surface area contributed by atoms with E-state index in [1.54, 1.807) is 7.11 Å². The molecule has 1 aromatic rings. The van der Waals surface area contributed by atoms with E-state index in [9.17, 15) is 4.79 Å². The minimum absolute atomic E-state index is 0.0349. The SMILES string of the molecule is COCCCCN1C(=O)CNC1c1ccc(Cl)cc1. The third-order valence-electron chi connectivity index (χ3n) is 3.26. The molecule has 1 heterocycles. The van der Waals surface area contributed by atoms with Crippen LogP contribution in [0.1, 0.15) is 24.6 Å². The predicted octanol–water partition coefficient (Wildman–Crippen LogP) is 2.20. The maximum atomic E-state index is 11.9. The maximum absolute atomic E-state index is 11.9. The van der Waals surface area contributed by atoms with Gasteiger partial charge in [-0.3, -0.25) is 10.1 Å². The Balaban J connectivity index is 1.98. The van der Waals surface area contributed by atoms with Crippen LogP contribution in [0.5, 0.6) is 0 Å². The van der Waals surface area contributed by atoms with Crippen molar-refractivity contribution in [1.29, 1.82) is 0 Å². The van der Waals surface area contributed by atoms with E-state index < -0.39 is 0 Å². The maximum Gasteiger partial charge on any atom is 0.238 e. The first-order chi connectivity index (χ1) is 9.22. The molecule has 1 saturated heterocycles. The molecule has 0 aromatic heterocycles. The molecule has 1 amide bonds. The molecule has 0 radical (unpaired) electrons. The van der Waals surface area contributed by atoms with E-state index in [-0.39, 0.29) is 12.1 Å². The van der Waals surface area contributed by atoms with Gasteiger partial charge in [0.2, 0.25) is 5.91 Å². The van der Waals surface area contributed by atoms with Crippen molar-refractivity contribution in [3.63, 3.8) is 0 Å². The van der Waals surface area contributed by atoms with Gasteiger partial charge in [0.1, 0.15) is 6.17 Å². The number of rotatable bonds is 6. The second-order valence-corrected chi connectivity index (χ2v) is 5.06. The first-order valence-electron chi connectivity index (χ1n) is 6.49. The number of carbonyl (C=O) groups is 1. The van der Waals surface area contributed by atoms with E-state index in [0.29, 0.717) is 11.6 Å². The number of amides is 1. The Morgan fingerprint density at radius 3 is 2.79 bits per heavy atom. The Bertz CT molecular complexity index is 422. The molecule has 0 saturated carbocycles. The minimum atomic E-state index is -0.0349. The molecule has 5 heteroatoms. The van der Waals surface area contributed by atoms with Crippen LogP contribution < -0.4 is 5.32 Å². The number of benzene rings is 1. The van der Waals surface area contributed by atoms with Crippen molar-refractivity contribution in [1.82, 2.24) is 10.2 Å². The smallest absolute Gasteiger partial charge is 0.238 e. The monoisotopic (exact) mass is 282 g/mol. The zero-order valence-electron chi connectivity index (χ0n) is 11.1. The number of hydrogen-bond acceptors (Lipinski definition) is 3. The molecule has 1 unspecified atom stereocenters. The molecular formula is C14H19ClN2O2. The second kappa shape index (κ2) is 6.89. The highest BCUT2D eigenvalue weighted by molar-refractivity contribution is 6.30. The summed E-state index contributed by atoms with van der Waals surface area (Å²) in [5.41, 5.74) is 1.07. The van der Waals surface area contributed by atoms with Crippen LogP contribution in [-0.2, 0) is 9.53 Å². The fourth-order valence-corrected chi connectivity index (χ4v) is 2.39. The minimum Gasteiger partial charge on any atom is -0.385 e. The molecule has 1 aliphatic rings. The van der Waals surface area contributed by atoms with Gasteiger partial charge in [-0.2, -0.15) is 0 Å². The van der Waals surface area contributed by atoms with Gasteiger partial charge in [-0.05, 0) is 30.5 Å². The van der Waals surface area contributed by atoms with Gasteiger partial charge in [0, 0.05) is 25.3 Å². The van der Waals surface area contributed by atoms with Crippen molar-refractivity contribution in [2.75, 3.05) is 26.8 Å². The van der Waals surface area contributed by atoms with Crippen molar-refractivity contribution < 1.29 is 9.53 Å². The lowest BCUT2D eigenvalue weighted by Gasteiger charge is -2.24. The molecule has 1 fully saturated rings. The molecule has 0 bridgehead atoms. The van der Waals surface area contributed by atoms with Gasteiger partial charge in [0.05, 0.1) is 6.54 Å². The van der Waals surface area contributed by atoms with Crippen molar-refractivity contribution in [3.8, 4) is 0 Å². The van der Waals surface area contributed by atoms with Crippen molar-refractivity contribution in [2.45, 2.75) is 19.0 Å². The number of ether oxygens (including phenoxy) is 1. The van der Waals surface area contributed by atoms with Gasteiger partial charge in [-0.1, -0.05) is 23.7 Å². The lowest BCUT2D eigenvalue weighted by Crippen LogP contribution is -2.31. The summed E-state index contributed by atoms with van der Waals surface area (Å²) in [7, 11) is 1.69. The topological polar surface area (TPSA) is 41.6 Å². The predicted molar refractivity (Wildman–Crippen MR) is 75.0 cm³/mol. The molecule has 4 nitrogen and oxygen atoms in total. The molecule has 19 heavy (non-hydrogen) atoms. The van der Waals surface area contributed by atoms with Gasteiger partial charge < -0.3 is 9.64 Å². The van der Waals surface area contributed by atoms with Crippen LogP contribution in [0.2, 0.25) is 5.02 Å². The summed E-state index contributed by atoms with van der Waals surface area (Å²) < 4.78 is 5.02. The van der Waals surface area contributed by atoms with E-state index in [1.807, 2.05) is 29.2 Å². The number of unbranched alkanes of at least 4 members (excludes halogenated alkanes) is 1. The number of halogens is 1. The Morgan fingerprint density at radius 1 is 1.37 bits per heavy atom. The number of nitrogens with one attached hydrogen (secondary N) is 1. The highest BCUT2D eigenvalue weighted by Gasteiger charge is 2.30. The number of nitrogens with zero attached hydrogens (tertiary/aromatic N) is 1. The first-order valence-corrected chi connectivity index (χ1v) is 6.87. The summed E-state index contributed by atoms with van der Waals surface area (Å²) in [6, 6.07) is 7.62. The van der Waals surface area contributed by atoms with E-state index >= 15 is 0 Å². The van der Waals surface area contributed by atoms with Crippen LogP contribution in [0.4, 0.5) is 0 Å². The van der Waals surface area contributed by atoms with Gasteiger partial charge in [-0.15, -0.1) is 0 Å². The van der Waals surface area contributed by atoms with Crippen LogP contribution in [0, 0.1) is 0 Å². The average Bonchev–Trinajstić information content (AvgIpc) is 2.77. The molecule has 1 aromatic carbocycles. The van der Waals surface area contributed by atoms with Crippen molar-refractivity contribution in [2.24, 2.45) is 0 Å². The number of methoxy groups -OCH3 is 1. The zero-order valence-corrected chi connectivity index (χ0v) is 11.8. The molecule has 0 spiro atoms. The molecule has 2 rings (SSSR count). The lowest BCUT2D eigenvalue weighted by molar-refractivity contribution is -0.128. The van der Waals surface area contributed by atoms with Gasteiger partial charge >= 0.3 is 0 Å². The Labute approximate surface area is 118 Å². The Hall–Kier alpha value is -1.10. The molecule has 1 N–H and O–H groups in total. The number of hydrogen-bond donors (Lipinski definition) is 1. The van der Waals surface area contributed by atoms with Crippen LogP contribution in [0.3, 0.4) is 0 Å². The molecule has 0 aliphatic carbocycles. The molecular weight excluding hydrogens is 264 g/mol. The van der Waals surface area contributed by atoms with Crippen LogP contribution in [-0.4, -0.2) is 37.6 Å². The summed E-state index contributed by atoms with van der Waals surface area (Å²) >= 11 is 5.89.